The van der Waals surface area contributed by atoms with Crippen LogP contribution in [0.2, 0.25) is 0 Å². The van der Waals surface area contributed by atoms with Crippen LogP contribution in [0.5, 0.6) is 0 Å². The number of nitrogens with zero attached hydrogens (tertiary/aromatic N) is 1. The highest BCUT2D eigenvalue weighted by atomic mass is 16.4. The minimum Gasteiger partial charge on any atom is -0.481 e. The molecule has 0 aromatic heterocycles. The van der Waals surface area contributed by atoms with Crippen molar-refractivity contribution in [2.24, 2.45) is 5.92 Å². The molecule has 2 aliphatic rings. The Kier molecular flexibility index (Phi) is 4.69. The van der Waals surface area contributed by atoms with Crippen molar-refractivity contribution in [3.05, 3.63) is 24.3 Å². The van der Waals surface area contributed by atoms with Gasteiger partial charge < -0.3 is 15.7 Å². The molecule has 6 heteroatoms. The van der Waals surface area contributed by atoms with Crippen LogP contribution in [0.15, 0.2) is 24.3 Å². The Morgan fingerprint density at radius 3 is 2.74 bits per heavy atom. The molecule has 0 atom stereocenters. The third-order valence-corrected chi connectivity index (χ3v) is 4.68. The first-order chi connectivity index (χ1) is 11.1. The molecule has 2 fully saturated rings. The third-order valence-electron chi connectivity index (χ3n) is 4.68. The van der Waals surface area contributed by atoms with Gasteiger partial charge in [-0.2, -0.15) is 0 Å². The summed E-state index contributed by atoms with van der Waals surface area (Å²) < 4.78 is 0. The van der Waals surface area contributed by atoms with E-state index in [4.69, 9.17) is 5.11 Å². The Balaban J connectivity index is 1.62. The van der Waals surface area contributed by atoms with Gasteiger partial charge in [0, 0.05) is 30.5 Å². The maximum absolute atomic E-state index is 11.9. The minimum atomic E-state index is -0.679. The van der Waals surface area contributed by atoms with Crippen molar-refractivity contribution in [1.82, 2.24) is 5.32 Å². The lowest BCUT2D eigenvalue weighted by Gasteiger charge is -2.29. The predicted molar refractivity (Wildman–Crippen MR) is 88.8 cm³/mol. The third kappa shape index (κ3) is 3.75. The van der Waals surface area contributed by atoms with E-state index in [1.165, 1.54) is 0 Å². The molecule has 1 aliphatic carbocycles. The average molecular weight is 317 g/mol. The Morgan fingerprint density at radius 2 is 2.04 bits per heavy atom. The van der Waals surface area contributed by atoms with Crippen LogP contribution in [0.25, 0.3) is 0 Å². The molecule has 0 unspecified atom stereocenters. The van der Waals surface area contributed by atoms with Crippen molar-refractivity contribution < 1.29 is 14.7 Å². The zero-order valence-electron chi connectivity index (χ0n) is 13.1. The molecular formula is C17H23N3O3. The van der Waals surface area contributed by atoms with Crippen LogP contribution in [0.4, 0.5) is 16.2 Å². The Morgan fingerprint density at radius 1 is 1.26 bits per heavy atom. The molecule has 3 N–H and O–H groups in total. The van der Waals surface area contributed by atoms with E-state index in [1.54, 1.807) is 4.90 Å². The van der Waals surface area contributed by atoms with E-state index in [2.05, 4.69) is 10.6 Å². The number of rotatable bonds is 4. The Bertz CT molecular complexity index is 582. The molecule has 0 bridgehead atoms. The zero-order chi connectivity index (χ0) is 16.2. The fourth-order valence-corrected chi connectivity index (χ4v) is 3.36. The van der Waals surface area contributed by atoms with Crippen LogP contribution in [-0.4, -0.2) is 36.2 Å². The van der Waals surface area contributed by atoms with E-state index < -0.39 is 5.97 Å². The summed E-state index contributed by atoms with van der Waals surface area (Å²) in [7, 11) is 0. The van der Waals surface area contributed by atoms with Gasteiger partial charge >= 0.3 is 12.0 Å². The zero-order valence-corrected chi connectivity index (χ0v) is 13.1. The van der Waals surface area contributed by atoms with Gasteiger partial charge in [-0.05, 0) is 50.3 Å². The SMILES string of the molecule is O=C(O)C1CCC(Nc2cccc(N3CCCNC3=O)c2)CC1. The van der Waals surface area contributed by atoms with Crippen LogP contribution in [0.3, 0.4) is 0 Å². The quantitative estimate of drug-likeness (QED) is 0.797. The molecule has 1 aromatic carbocycles. The van der Waals surface area contributed by atoms with Crippen LogP contribution < -0.4 is 15.5 Å². The van der Waals surface area contributed by atoms with E-state index in [0.29, 0.717) is 6.04 Å². The highest BCUT2D eigenvalue weighted by Crippen LogP contribution is 2.28. The molecule has 23 heavy (non-hydrogen) atoms. The molecule has 1 aliphatic heterocycles. The molecule has 3 rings (SSSR count). The van der Waals surface area contributed by atoms with E-state index in [9.17, 15) is 9.59 Å². The molecule has 1 saturated heterocycles. The number of carboxylic acids is 1. The normalized spacial score (nSPS) is 24.9. The van der Waals surface area contributed by atoms with Gasteiger partial charge in [-0.1, -0.05) is 6.07 Å². The lowest BCUT2D eigenvalue weighted by atomic mass is 9.86. The van der Waals surface area contributed by atoms with Crippen molar-refractivity contribution >= 4 is 23.4 Å². The molecule has 1 saturated carbocycles. The van der Waals surface area contributed by atoms with Crippen molar-refractivity contribution in [3.8, 4) is 0 Å². The Labute approximate surface area is 135 Å². The molecule has 6 nitrogen and oxygen atoms in total. The van der Waals surface area contributed by atoms with Gasteiger partial charge in [0.15, 0.2) is 0 Å². The number of amides is 2. The van der Waals surface area contributed by atoms with Crippen molar-refractivity contribution in [3.63, 3.8) is 0 Å². The van der Waals surface area contributed by atoms with E-state index in [1.807, 2.05) is 24.3 Å². The first kappa shape index (κ1) is 15.6. The number of carbonyl (C=O) groups excluding carboxylic acids is 1. The second-order valence-corrected chi connectivity index (χ2v) is 6.32. The first-order valence-electron chi connectivity index (χ1n) is 8.28. The number of aliphatic carboxylic acids is 1. The van der Waals surface area contributed by atoms with E-state index >= 15 is 0 Å². The minimum absolute atomic E-state index is 0.0460. The molecule has 0 radical (unpaired) electrons. The number of hydrogen-bond donors (Lipinski definition) is 3. The number of carboxylic acid groups (broad SMARTS) is 1. The van der Waals surface area contributed by atoms with E-state index in [0.717, 1.165) is 56.6 Å². The largest absolute Gasteiger partial charge is 0.481 e. The summed E-state index contributed by atoms with van der Waals surface area (Å²) >= 11 is 0. The highest BCUT2D eigenvalue weighted by Gasteiger charge is 2.26. The highest BCUT2D eigenvalue weighted by molar-refractivity contribution is 5.93. The van der Waals surface area contributed by atoms with Crippen molar-refractivity contribution in [2.45, 2.75) is 38.1 Å². The van der Waals surface area contributed by atoms with Gasteiger partial charge in [-0.15, -0.1) is 0 Å². The second kappa shape index (κ2) is 6.89. The number of carbonyl (C=O) groups is 2. The fraction of sp³-hybridized carbons (Fsp3) is 0.529. The summed E-state index contributed by atoms with van der Waals surface area (Å²) in [5.41, 5.74) is 1.88. The van der Waals surface area contributed by atoms with Gasteiger partial charge in [-0.3, -0.25) is 9.69 Å². The monoisotopic (exact) mass is 317 g/mol. The molecular weight excluding hydrogens is 294 g/mol. The van der Waals surface area contributed by atoms with Gasteiger partial charge in [0.25, 0.3) is 0 Å². The standard InChI is InChI=1S/C17H23N3O3/c21-16(22)12-5-7-13(8-6-12)19-14-3-1-4-15(11-14)20-10-2-9-18-17(20)23/h1,3-4,11-13,19H,2,5-10H2,(H,18,23)(H,21,22). The van der Waals surface area contributed by atoms with Crippen molar-refractivity contribution in [2.75, 3.05) is 23.3 Å². The van der Waals surface area contributed by atoms with Gasteiger partial charge in [0.05, 0.1) is 5.92 Å². The molecule has 2 amide bonds. The number of benzene rings is 1. The molecule has 1 aromatic rings. The van der Waals surface area contributed by atoms with Gasteiger partial charge in [0.2, 0.25) is 0 Å². The smallest absolute Gasteiger partial charge is 0.321 e. The molecule has 124 valence electrons. The summed E-state index contributed by atoms with van der Waals surface area (Å²) in [6.07, 6.45) is 4.13. The van der Waals surface area contributed by atoms with Crippen LogP contribution in [0.1, 0.15) is 32.1 Å². The number of nitrogens with one attached hydrogen (secondary N) is 2. The topological polar surface area (TPSA) is 81.7 Å². The first-order valence-corrected chi connectivity index (χ1v) is 8.28. The lowest BCUT2D eigenvalue weighted by Crippen LogP contribution is -2.46. The van der Waals surface area contributed by atoms with Gasteiger partial charge in [-0.25, -0.2) is 4.79 Å². The maximum Gasteiger partial charge on any atom is 0.321 e. The summed E-state index contributed by atoms with van der Waals surface area (Å²) in [6.45, 7) is 1.47. The fourth-order valence-electron chi connectivity index (χ4n) is 3.36. The summed E-state index contributed by atoms with van der Waals surface area (Å²) in [4.78, 5) is 24.7. The number of hydrogen-bond acceptors (Lipinski definition) is 3. The predicted octanol–water partition coefficient (Wildman–Crippen LogP) is 2.66. The average Bonchev–Trinajstić information content (AvgIpc) is 2.56. The van der Waals surface area contributed by atoms with Crippen LogP contribution in [0, 0.1) is 5.92 Å². The summed E-state index contributed by atoms with van der Waals surface area (Å²) in [6, 6.07) is 8.13. The maximum atomic E-state index is 11.9. The van der Waals surface area contributed by atoms with Crippen LogP contribution in [-0.2, 0) is 4.79 Å². The Hall–Kier alpha value is -2.24. The number of urea groups is 1. The van der Waals surface area contributed by atoms with Gasteiger partial charge in [0.1, 0.15) is 0 Å². The lowest BCUT2D eigenvalue weighted by molar-refractivity contribution is -0.142. The van der Waals surface area contributed by atoms with Crippen molar-refractivity contribution in [1.29, 1.82) is 0 Å². The van der Waals surface area contributed by atoms with E-state index in [-0.39, 0.29) is 11.9 Å². The molecule has 0 spiro atoms. The number of anilines is 2. The van der Waals surface area contributed by atoms with Crippen LogP contribution >= 0.6 is 0 Å². The summed E-state index contributed by atoms with van der Waals surface area (Å²) in [5, 5.41) is 15.4. The molecule has 1 heterocycles. The second-order valence-electron chi connectivity index (χ2n) is 6.32. The summed E-state index contributed by atoms with van der Waals surface area (Å²) in [5.74, 6) is -0.877.